The maximum Gasteiger partial charge on any atom is 0.190 e. The zero-order valence-corrected chi connectivity index (χ0v) is 8.78. The molecular weight excluding hydrogens is 188 g/mol. The van der Waals surface area contributed by atoms with E-state index in [1.54, 1.807) is 24.3 Å². The van der Waals surface area contributed by atoms with Crippen molar-refractivity contribution in [2.45, 2.75) is 13.8 Å². The van der Waals surface area contributed by atoms with Gasteiger partial charge in [0, 0.05) is 16.7 Å². The fourth-order valence-corrected chi connectivity index (χ4v) is 1.76. The maximum atomic E-state index is 12.0. The molecule has 76 valence electrons. The second kappa shape index (κ2) is 3.46. The molecule has 1 aliphatic rings. The van der Waals surface area contributed by atoms with Crippen LogP contribution in [0.3, 0.4) is 0 Å². The first-order chi connectivity index (χ1) is 7.11. The number of hydrogen-bond acceptors (Lipinski definition) is 2. The highest BCUT2D eigenvalue weighted by molar-refractivity contribution is 6.24. The quantitative estimate of drug-likeness (QED) is 0.698. The summed E-state index contributed by atoms with van der Waals surface area (Å²) in [5.74, 6) is 0.0175. The molecule has 1 aromatic rings. The van der Waals surface area contributed by atoms with Gasteiger partial charge in [0.25, 0.3) is 0 Å². The third-order valence-electron chi connectivity index (χ3n) is 2.61. The minimum absolute atomic E-state index is 0.0137. The Labute approximate surface area is 88.6 Å². The molecule has 2 heteroatoms. The molecule has 0 atom stereocenters. The number of Topliss-reactive ketones (excluding diaryl/α,β-unsaturated/α-hetero) is 1. The molecule has 1 aromatic carbocycles. The summed E-state index contributed by atoms with van der Waals surface area (Å²) < 4.78 is 0. The Morgan fingerprint density at radius 2 is 1.60 bits per heavy atom. The third-order valence-corrected chi connectivity index (χ3v) is 2.61. The molecule has 0 saturated carbocycles. The Hall–Kier alpha value is -1.70. The summed E-state index contributed by atoms with van der Waals surface area (Å²) in [6, 6.07) is 6.97. The predicted molar refractivity (Wildman–Crippen MR) is 58.0 cm³/mol. The molecule has 0 fully saturated rings. The molecule has 0 unspecified atom stereocenters. The van der Waals surface area contributed by atoms with Crippen molar-refractivity contribution >= 4 is 11.6 Å². The fraction of sp³-hybridized carbons (Fsp3) is 0.231. The van der Waals surface area contributed by atoms with Gasteiger partial charge >= 0.3 is 0 Å². The lowest BCUT2D eigenvalue weighted by Gasteiger charge is -2.16. The van der Waals surface area contributed by atoms with Gasteiger partial charge in [-0.15, -0.1) is 0 Å². The molecule has 0 amide bonds. The standard InChI is InChI=1S/C13H12O2/c1-8(2)11-7-12(14)9-5-3-4-6-10(9)13(11)15/h3-8H,1-2H3. The fourth-order valence-electron chi connectivity index (χ4n) is 1.76. The summed E-state index contributed by atoms with van der Waals surface area (Å²) in [6.45, 7) is 3.84. The first-order valence-corrected chi connectivity index (χ1v) is 5.01. The van der Waals surface area contributed by atoms with E-state index in [4.69, 9.17) is 0 Å². The van der Waals surface area contributed by atoms with E-state index in [1.165, 1.54) is 6.08 Å². The van der Waals surface area contributed by atoms with Gasteiger partial charge in [-0.05, 0) is 12.0 Å². The molecule has 0 bridgehead atoms. The van der Waals surface area contributed by atoms with E-state index in [2.05, 4.69) is 0 Å². The second-order valence-electron chi connectivity index (χ2n) is 3.99. The third kappa shape index (κ3) is 1.52. The van der Waals surface area contributed by atoms with Crippen LogP contribution in [0.5, 0.6) is 0 Å². The number of carbonyl (C=O) groups is 2. The van der Waals surface area contributed by atoms with Gasteiger partial charge in [-0.3, -0.25) is 9.59 Å². The normalized spacial score (nSPS) is 15.3. The molecule has 0 aromatic heterocycles. The van der Waals surface area contributed by atoms with E-state index in [0.29, 0.717) is 16.7 Å². The Morgan fingerprint density at radius 1 is 1.00 bits per heavy atom. The lowest BCUT2D eigenvalue weighted by molar-refractivity contribution is 0.0977. The van der Waals surface area contributed by atoms with Crippen LogP contribution < -0.4 is 0 Å². The monoisotopic (exact) mass is 200 g/mol. The van der Waals surface area contributed by atoms with Gasteiger partial charge < -0.3 is 0 Å². The van der Waals surface area contributed by atoms with Crippen LogP contribution in [0.15, 0.2) is 35.9 Å². The Morgan fingerprint density at radius 3 is 2.20 bits per heavy atom. The van der Waals surface area contributed by atoms with Crippen LogP contribution in [0.1, 0.15) is 34.6 Å². The molecule has 0 saturated heterocycles. The molecule has 0 spiro atoms. The van der Waals surface area contributed by atoms with Gasteiger partial charge in [0.15, 0.2) is 11.6 Å². The van der Waals surface area contributed by atoms with Crippen molar-refractivity contribution in [1.82, 2.24) is 0 Å². The average molecular weight is 200 g/mol. The summed E-state index contributed by atoms with van der Waals surface area (Å²) in [4.78, 5) is 23.7. The van der Waals surface area contributed by atoms with Gasteiger partial charge in [-0.1, -0.05) is 38.1 Å². The van der Waals surface area contributed by atoms with E-state index in [9.17, 15) is 9.59 Å². The molecular formula is C13H12O2. The van der Waals surface area contributed by atoms with Crippen LogP contribution in [0.4, 0.5) is 0 Å². The summed E-state index contributed by atoms with van der Waals surface area (Å²) >= 11 is 0. The van der Waals surface area contributed by atoms with Gasteiger partial charge in [-0.2, -0.15) is 0 Å². The summed E-state index contributed by atoms with van der Waals surface area (Å²) in [5, 5.41) is 0. The highest BCUT2D eigenvalue weighted by Crippen LogP contribution is 2.25. The molecule has 2 nitrogen and oxygen atoms in total. The number of hydrogen-bond donors (Lipinski definition) is 0. The highest BCUT2D eigenvalue weighted by atomic mass is 16.1. The minimum Gasteiger partial charge on any atom is -0.289 e. The van der Waals surface area contributed by atoms with E-state index in [-0.39, 0.29) is 17.5 Å². The molecule has 15 heavy (non-hydrogen) atoms. The number of allylic oxidation sites excluding steroid dienone is 2. The maximum absolute atomic E-state index is 12.0. The Balaban J connectivity index is 2.59. The van der Waals surface area contributed by atoms with Crippen LogP contribution in [0.25, 0.3) is 0 Å². The van der Waals surface area contributed by atoms with Crippen molar-refractivity contribution in [2.75, 3.05) is 0 Å². The van der Waals surface area contributed by atoms with Gasteiger partial charge in [-0.25, -0.2) is 0 Å². The zero-order valence-electron chi connectivity index (χ0n) is 8.78. The van der Waals surface area contributed by atoms with E-state index in [0.717, 1.165) is 0 Å². The van der Waals surface area contributed by atoms with Crippen molar-refractivity contribution in [1.29, 1.82) is 0 Å². The van der Waals surface area contributed by atoms with Crippen LogP contribution in [-0.2, 0) is 0 Å². The largest absolute Gasteiger partial charge is 0.289 e. The SMILES string of the molecule is CC(C)C1=CC(=O)c2ccccc2C1=O. The molecule has 1 aliphatic carbocycles. The van der Waals surface area contributed by atoms with Gasteiger partial charge in [0.05, 0.1) is 0 Å². The van der Waals surface area contributed by atoms with Gasteiger partial charge in [0.2, 0.25) is 0 Å². The molecule has 0 radical (unpaired) electrons. The molecule has 2 rings (SSSR count). The Bertz CT molecular complexity index is 467. The number of fused-ring (bicyclic) bond motifs is 1. The van der Waals surface area contributed by atoms with Crippen LogP contribution >= 0.6 is 0 Å². The second-order valence-corrected chi connectivity index (χ2v) is 3.99. The lowest BCUT2D eigenvalue weighted by Crippen LogP contribution is -2.19. The number of benzene rings is 1. The molecule has 0 N–H and O–H groups in total. The van der Waals surface area contributed by atoms with Crippen LogP contribution in [-0.4, -0.2) is 11.6 Å². The zero-order chi connectivity index (χ0) is 11.0. The smallest absolute Gasteiger partial charge is 0.190 e. The van der Waals surface area contributed by atoms with E-state index >= 15 is 0 Å². The molecule has 0 aliphatic heterocycles. The van der Waals surface area contributed by atoms with E-state index in [1.807, 2.05) is 13.8 Å². The summed E-state index contributed by atoms with van der Waals surface area (Å²) in [5.41, 5.74) is 1.67. The lowest BCUT2D eigenvalue weighted by atomic mass is 9.85. The van der Waals surface area contributed by atoms with Gasteiger partial charge in [0.1, 0.15) is 0 Å². The predicted octanol–water partition coefficient (Wildman–Crippen LogP) is 2.65. The minimum atomic E-state index is -0.0612. The Kier molecular flexibility index (Phi) is 2.27. The number of rotatable bonds is 1. The van der Waals surface area contributed by atoms with Crippen molar-refractivity contribution < 1.29 is 9.59 Å². The molecule has 0 heterocycles. The summed E-state index contributed by atoms with van der Waals surface area (Å²) in [6.07, 6.45) is 1.47. The first kappa shape index (κ1) is 9.84. The average Bonchev–Trinajstić information content (AvgIpc) is 2.23. The van der Waals surface area contributed by atoms with Crippen molar-refractivity contribution in [3.8, 4) is 0 Å². The van der Waals surface area contributed by atoms with Crippen molar-refractivity contribution in [3.63, 3.8) is 0 Å². The topological polar surface area (TPSA) is 34.1 Å². The van der Waals surface area contributed by atoms with Crippen LogP contribution in [0, 0.1) is 5.92 Å². The van der Waals surface area contributed by atoms with E-state index < -0.39 is 0 Å². The number of ketones is 2. The van der Waals surface area contributed by atoms with Crippen molar-refractivity contribution in [3.05, 3.63) is 47.0 Å². The highest BCUT2D eigenvalue weighted by Gasteiger charge is 2.26. The van der Waals surface area contributed by atoms with Crippen LogP contribution in [0.2, 0.25) is 0 Å². The number of carbonyl (C=O) groups excluding carboxylic acids is 2. The first-order valence-electron chi connectivity index (χ1n) is 5.01. The van der Waals surface area contributed by atoms with Crippen molar-refractivity contribution in [2.24, 2.45) is 5.92 Å². The summed E-state index contributed by atoms with van der Waals surface area (Å²) in [7, 11) is 0.